The maximum atomic E-state index is 13.1. The molecule has 70 valence electrons. The molecule has 0 saturated heterocycles. The number of hydrogen-bond donors (Lipinski definition) is 0. The molecular formula is C10H10F2O. The van der Waals surface area contributed by atoms with Crippen molar-refractivity contribution in [2.75, 3.05) is 0 Å². The molecule has 0 aliphatic heterocycles. The Labute approximate surface area is 75.4 Å². The van der Waals surface area contributed by atoms with Gasteiger partial charge in [-0.3, -0.25) is 4.79 Å². The summed E-state index contributed by atoms with van der Waals surface area (Å²) in [6.07, 6.45) is 0. The second-order valence-corrected chi connectivity index (χ2v) is 3.00. The van der Waals surface area contributed by atoms with Gasteiger partial charge in [-0.1, -0.05) is 23.8 Å². The van der Waals surface area contributed by atoms with Crippen molar-refractivity contribution >= 4 is 5.78 Å². The number of rotatable bonds is 2. The fourth-order valence-corrected chi connectivity index (χ4v) is 1.04. The van der Waals surface area contributed by atoms with Gasteiger partial charge in [-0.2, -0.15) is 8.78 Å². The number of Topliss-reactive ketones (excluding diaryl/α,β-unsaturated/α-hetero) is 1. The monoisotopic (exact) mass is 184 g/mol. The van der Waals surface area contributed by atoms with Crippen LogP contribution in [0.25, 0.3) is 0 Å². The molecule has 1 aromatic carbocycles. The van der Waals surface area contributed by atoms with Gasteiger partial charge in [0.1, 0.15) is 0 Å². The molecule has 0 unspecified atom stereocenters. The Morgan fingerprint density at radius 2 is 2.00 bits per heavy atom. The third-order valence-corrected chi connectivity index (χ3v) is 1.82. The van der Waals surface area contributed by atoms with Crippen LogP contribution in [0.2, 0.25) is 0 Å². The number of benzene rings is 1. The molecule has 0 heterocycles. The van der Waals surface area contributed by atoms with Crippen LogP contribution in [-0.2, 0) is 10.7 Å². The third-order valence-electron chi connectivity index (χ3n) is 1.82. The summed E-state index contributed by atoms with van der Waals surface area (Å²) in [5, 5.41) is 0. The summed E-state index contributed by atoms with van der Waals surface area (Å²) in [7, 11) is 0. The zero-order chi connectivity index (χ0) is 10.1. The average molecular weight is 184 g/mol. The molecule has 13 heavy (non-hydrogen) atoms. The van der Waals surface area contributed by atoms with E-state index in [4.69, 9.17) is 0 Å². The number of alkyl halides is 2. The highest BCUT2D eigenvalue weighted by Crippen LogP contribution is 2.29. The van der Waals surface area contributed by atoms with Gasteiger partial charge in [0.2, 0.25) is 5.78 Å². The lowest BCUT2D eigenvalue weighted by molar-refractivity contribution is -0.141. The number of halogens is 2. The van der Waals surface area contributed by atoms with Crippen LogP contribution in [0.5, 0.6) is 0 Å². The first-order valence-electron chi connectivity index (χ1n) is 3.90. The van der Waals surface area contributed by atoms with Crippen molar-refractivity contribution in [2.45, 2.75) is 19.8 Å². The fourth-order valence-electron chi connectivity index (χ4n) is 1.04. The summed E-state index contributed by atoms with van der Waals surface area (Å²) in [5.41, 5.74) is 0.485. The van der Waals surface area contributed by atoms with Gasteiger partial charge in [0.05, 0.1) is 0 Å². The lowest BCUT2D eigenvalue weighted by Crippen LogP contribution is -2.22. The van der Waals surface area contributed by atoms with E-state index in [1.165, 1.54) is 18.2 Å². The van der Waals surface area contributed by atoms with Gasteiger partial charge in [-0.05, 0) is 13.0 Å². The molecule has 0 N–H and O–H groups in total. The van der Waals surface area contributed by atoms with Gasteiger partial charge < -0.3 is 0 Å². The van der Waals surface area contributed by atoms with Crippen molar-refractivity contribution in [3.63, 3.8) is 0 Å². The third kappa shape index (κ3) is 1.91. The predicted molar refractivity (Wildman–Crippen MR) is 45.8 cm³/mol. The van der Waals surface area contributed by atoms with Crippen molar-refractivity contribution in [3.05, 3.63) is 35.4 Å². The van der Waals surface area contributed by atoms with Gasteiger partial charge in [-0.15, -0.1) is 0 Å². The minimum Gasteiger partial charge on any atom is -0.293 e. The van der Waals surface area contributed by atoms with Crippen molar-refractivity contribution in [1.29, 1.82) is 0 Å². The zero-order valence-corrected chi connectivity index (χ0v) is 7.47. The number of ketones is 1. The Balaban J connectivity index is 3.14. The molecule has 3 heteroatoms. The summed E-state index contributed by atoms with van der Waals surface area (Å²) in [6, 6.07) is 5.80. The molecule has 0 atom stereocenters. The molecule has 1 nitrogen and oxygen atoms in total. The fraction of sp³-hybridized carbons (Fsp3) is 0.300. The van der Waals surface area contributed by atoms with Crippen molar-refractivity contribution in [2.24, 2.45) is 0 Å². The molecular weight excluding hydrogens is 174 g/mol. The summed E-state index contributed by atoms with van der Waals surface area (Å²) in [5.74, 6) is -4.48. The number of hydrogen-bond acceptors (Lipinski definition) is 1. The second kappa shape index (κ2) is 3.24. The van der Waals surface area contributed by atoms with E-state index in [1.807, 2.05) is 0 Å². The first-order chi connectivity index (χ1) is 5.94. The lowest BCUT2D eigenvalue weighted by Gasteiger charge is -2.12. The Morgan fingerprint density at radius 3 is 2.46 bits per heavy atom. The quantitative estimate of drug-likeness (QED) is 0.690. The molecule has 0 aliphatic carbocycles. The standard InChI is InChI=1S/C10H10F2O/c1-7-4-3-5-9(6-7)10(11,12)8(2)13/h3-6H,1-2H3. The summed E-state index contributed by atoms with van der Waals surface area (Å²) in [6.45, 7) is 2.60. The smallest absolute Gasteiger partial charge is 0.293 e. The van der Waals surface area contributed by atoms with Crippen molar-refractivity contribution < 1.29 is 13.6 Å². The van der Waals surface area contributed by atoms with Gasteiger partial charge >= 0.3 is 5.92 Å². The summed E-state index contributed by atoms with van der Waals surface area (Å²) in [4.78, 5) is 10.6. The van der Waals surface area contributed by atoms with Crippen LogP contribution < -0.4 is 0 Å². The summed E-state index contributed by atoms with van der Waals surface area (Å²) >= 11 is 0. The lowest BCUT2D eigenvalue weighted by atomic mass is 10.0. The van der Waals surface area contributed by atoms with E-state index in [2.05, 4.69) is 0 Å². The first-order valence-corrected chi connectivity index (χ1v) is 3.90. The van der Waals surface area contributed by atoms with E-state index in [9.17, 15) is 13.6 Å². The normalized spacial score (nSPS) is 11.4. The second-order valence-electron chi connectivity index (χ2n) is 3.00. The van der Waals surface area contributed by atoms with Gasteiger partial charge in [0.15, 0.2) is 0 Å². The van der Waals surface area contributed by atoms with Gasteiger partial charge in [0.25, 0.3) is 0 Å². The topological polar surface area (TPSA) is 17.1 Å². The first kappa shape index (κ1) is 9.84. The van der Waals surface area contributed by atoms with Gasteiger partial charge in [0, 0.05) is 12.5 Å². The average Bonchev–Trinajstić information content (AvgIpc) is 2.04. The van der Waals surface area contributed by atoms with Crippen LogP contribution in [0.3, 0.4) is 0 Å². The number of carbonyl (C=O) groups excluding carboxylic acids is 1. The molecule has 1 rings (SSSR count). The molecule has 0 radical (unpaired) electrons. The van der Waals surface area contributed by atoms with Crippen molar-refractivity contribution in [1.82, 2.24) is 0 Å². The Morgan fingerprint density at radius 1 is 1.38 bits per heavy atom. The summed E-state index contributed by atoms with van der Waals surface area (Å²) < 4.78 is 26.2. The van der Waals surface area contributed by atoms with E-state index in [0.29, 0.717) is 0 Å². The van der Waals surface area contributed by atoms with Crippen LogP contribution in [0, 0.1) is 6.92 Å². The van der Waals surface area contributed by atoms with Crippen LogP contribution in [0.1, 0.15) is 18.1 Å². The highest BCUT2D eigenvalue weighted by atomic mass is 19.3. The molecule has 0 saturated carbocycles. The SMILES string of the molecule is CC(=O)C(F)(F)c1cccc(C)c1. The van der Waals surface area contributed by atoms with E-state index in [0.717, 1.165) is 12.5 Å². The highest BCUT2D eigenvalue weighted by molar-refractivity contribution is 5.84. The maximum Gasteiger partial charge on any atom is 0.330 e. The molecule has 0 spiro atoms. The van der Waals surface area contributed by atoms with Crippen LogP contribution in [0.4, 0.5) is 8.78 Å². The minimum atomic E-state index is -3.36. The van der Waals surface area contributed by atoms with E-state index >= 15 is 0 Å². The van der Waals surface area contributed by atoms with Crippen LogP contribution in [-0.4, -0.2) is 5.78 Å². The predicted octanol–water partition coefficient (Wildman–Crippen LogP) is 2.68. The van der Waals surface area contributed by atoms with Crippen LogP contribution >= 0.6 is 0 Å². The van der Waals surface area contributed by atoms with E-state index < -0.39 is 11.7 Å². The van der Waals surface area contributed by atoms with Crippen LogP contribution in [0.15, 0.2) is 24.3 Å². The maximum absolute atomic E-state index is 13.1. The number of aryl methyl sites for hydroxylation is 1. The molecule has 1 aromatic rings. The molecule has 0 fully saturated rings. The Kier molecular flexibility index (Phi) is 2.45. The van der Waals surface area contributed by atoms with Gasteiger partial charge in [-0.25, -0.2) is 0 Å². The molecule has 0 amide bonds. The Hall–Kier alpha value is -1.25. The van der Waals surface area contributed by atoms with E-state index in [-0.39, 0.29) is 5.56 Å². The molecule has 0 aliphatic rings. The zero-order valence-electron chi connectivity index (χ0n) is 7.47. The molecule has 0 aromatic heterocycles. The Bertz CT molecular complexity index is 331. The number of carbonyl (C=O) groups is 1. The van der Waals surface area contributed by atoms with Crippen molar-refractivity contribution in [3.8, 4) is 0 Å². The molecule has 0 bridgehead atoms. The largest absolute Gasteiger partial charge is 0.330 e. The van der Waals surface area contributed by atoms with E-state index in [1.54, 1.807) is 13.0 Å². The highest BCUT2D eigenvalue weighted by Gasteiger charge is 2.37. The minimum absolute atomic E-state index is 0.236.